The van der Waals surface area contributed by atoms with Crippen LogP contribution in [0.5, 0.6) is 11.5 Å². The molecule has 0 fully saturated rings. The summed E-state index contributed by atoms with van der Waals surface area (Å²) in [5, 5.41) is 3.95. The highest BCUT2D eigenvalue weighted by atomic mass is 79.9. The van der Waals surface area contributed by atoms with Crippen LogP contribution in [0.15, 0.2) is 82.4 Å². The van der Waals surface area contributed by atoms with Crippen LogP contribution in [0.25, 0.3) is 0 Å². The molecule has 158 valence electrons. The van der Waals surface area contributed by atoms with E-state index in [1.54, 1.807) is 42.5 Å². The summed E-state index contributed by atoms with van der Waals surface area (Å²) in [6, 6.07) is 21.4. The van der Waals surface area contributed by atoms with E-state index in [1.165, 1.54) is 11.8 Å². The van der Waals surface area contributed by atoms with Crippen LogP contribution >= 0.6 is 15.9 Å². The third kappa shape index (κ3) is 6.79. The Kier molecular flexibility index (Phi) is 7.95. The lowest BCUT2D eigenvalue weighted by atomic mass is 10.2. The highest BCUT2D eigenvalue weighted by Crippen LogP contribution is 2.23. The lowest BCUT2D eigenvalue weighted by molar-refractivity contribution is -0.123. The molecule has 0 aliphatic heterocycles. The Hall–Kier alpha value is -3.45. The molecule has 3 aromatic carbocycles. The number of benzene rings is 3. The maximum absolute atomic E-state index is 12.3. The van der Waals surface area contributed by atoms with Crippen LogP contribution < -0.4 is 14.9 Å². The van der Waals surface area contributed by atoms with Crippen molar-refractivity contribution in [2.75, 3.05) is 6.61 Å². The second kappa shape index (κ2) is 11.1. The van der Waals surface area contributed by atoms with Crippen molar-refractivity contribution in [1.82, 2.24) is 5.43 Å². The van der Waals surface area contributed by atoms with Crippen LogP contribution in [0.4, 0.5) is 0 Å². The summed E-state index contributed by atoms with van der Waals surface area (Å²) in [5.41, 5.74) is 4.56. The molecular formula is C24H21BrN2O4. The first-order valence-corrected chi connectivity index (χ1v) is 10.4. The number of halogens is 1. The minimum atomic E-state index is -0.482. The zero-order chi connectivity index (χ0) is 22.1. The maximum Gasteiger partial charge on any atom is 0.343 e. The van der Waals surface area contributed by atoms with Gasteiger partial charge in [-0.3, -0.25) is 4.79 Å². The molecule has 0 unspecified atom stereocenters. The molecule has 3 aromatic rings. The molecule has 6 nitrogen and oxygen atoms in total. The highest BCUT2D eigenvalue weighted by molar-refractivity contribution is 9.10. The molecule has 31 heavy (non-hydrogen) atoms. The lowest BCUT2D eigenvalue weighted by Crippen LogP contribution is -2.24. The quantitative estimate of drug-likeness (QED) is 0.218. The Labute approximate surface area is 189 Å². The van der Waals surface area contributed by atoms with Crippen molar-refractivity contribution in [3.63, 3.8) is 0 Å². The first-order valence-electron chi connectivity index (χ1n) is 9.65. The van der Waals surface area contributed by atoms with Crippen molar-refractivity contribution >= 4 is 34.0 Å². The molecule has 1 amide bonds. The Bertz CT molecular complexity index is 1070. The molecular weight excluding hydrogens is 460 g/mol. The Balaban J connectivity index is 1.58. The number of nitrogens with one attached hydrogen (secondary N) is 1. The van der Waals surface area contributed by atoms with E-state index in [-0.39, 0.29) is 6.61 Å². The van der Waals surface area contributed by atoms with Gasteiger partial charge in [0.2, 0.25) is 0 Å². The van der Waals surface area contributed by atoms with Crippen molar-refractivity contribution in [2.45, 2.75) is 13.3 Å². The molecule has 7 heteroatoms. The monoisotopic (exact) mass is 480 g/mol. The number of aryl methyl sites for hydroxylation is 1. The maximum atomic E-state index is 12.3. The zero-order valence-electron chi connectivity index (χ0n) is 16.9. The van der Waals surface area contributed by atoms with Gasteiger partial charge in [-0.05, 0) is 54.4 Å². The fraction of sp³-hybridized carbons (Fsp3) is 0.125. The number of rotatable bonds is 8. The van der Waals surface area contributed by atoms with E-state index in [0.29, 0.717) is 22.6 Å². The van der Waals surface area contributed by atoms with Gasteiger partial charge in [0.25, 0.3) is 5.91 Å². The first-order chi connectivity index (χ1) is 15.0. The fourth-order valence-corrected chi connectivity index (χ4v) is 3.00. The molecule has 0 atom stereocenters. The number of hydrazone groups is 1. The number of carbonyl (C=O) groups excluding carboxylic acids is 2. The smallest absolute Gasteiger partial charge is 0.343 e. The topological polar surface area (TPSA) is 77.0 Å². The minimum absolute atomic E-state index is 0.169. The SMILES string of the molecule is CCc1ccc(OCC(=O)N/N=C\c2cc(Br)ccc2OC(=O)c2ccccc2)cc1. The van der Waals surface area contributed by atoms with Gasteiger partial charge >= 0.3 is 5.97 Å². The van der Waals surface area contributed by atoms with Gasteiger partial charge in [-0.1, -0.05) is 53.2 Å². The summed E-state index contributed by atoms with van der Waals surface area (Å²) in [4.78, 5) is 24.3. The van der Waals surface area contributed by atoms with Crippen molar-refractivity contribution in [3.05, 3.63) is 94.0 Å². The molecule has 0 bridgehead atoms. The van der Waals surface area contributed by atoms with Gasteiger partial charge < -0.3 is 9.47 Å². The Morgan fingerprint density at radius 3 is 2.48 bits per heavy atom. The number of ether oxygens (including phenoxy) is 2. The van der Waals surface area contributed by atoms with Crippen LogP contribution in [0.3, 0.4) is 0 Å². The van der Waals surface area contributed by atoms with E-state index in [9.17, 15) is 9.59 Å². The predicted molar refractivity (Wildman–Crippen MR) is 123 cm³/mol. The van der Waals surface area contributed by atoms with Crippen molar-refractivity contribution < 1.29 is 19.1 Å². The summed E-state index contributed by atoms with van der Waals surface area (Å²) >= 11 is 3.38. The molecule has 0 heterocycles. The summed E-state index contributed by atoms with van der Waals surface area (Å²) in [6.45, 7) is 1.90. The fourth-order valence-electron chi connectivity index (χ4n) is 2.62. The van der Waals surface area contributed by atoms with Crippen LogP contribution in [0.2, 0.25) is 0 Å². The van der Waals surface area contributed by atoms with Crippen molar-refractivity contribution in [2.24, 2.45) is 5.10 Å². The third-order valence-corrected chi connectivity index (χ3v) is 4.77. The molecule has 0 aromatic heterocycles. The molecule has 0 saturated carbocycles. The molecule has 0 aliphatic rings. The van der Waals surface area contributed by atoms with E-state index in [4.69, 9.17) is 9.47 Å². The molecule has 0 saturated heterocycles. The molecule has 0 radical (unpaired) electrons. The molecule has 0 spiro atoms. The second-order valence-electron chi connectivity index (χ2n) is 6.52. The van der Waals surface area contributed by atoms with Gasteiger partial charge in [0, 0.05) is 10.0 Å². The average Bonchev–Trinajstić information content (AvgIpc) is 2.80. The number of hydrogen-bond donors (Lipinski definition) is 1. The summed E-state index contributed by atoms with van der Waals surface area (Å²) < 4.78 is 11.7. The third-order valence-electron chi connectivity index (χ3n) is 4.28. The van der Waals surface area contributed by atoms with E-state index < -0.39 is 11.9 Å². The second-order valence-corrected chi connectivity index (χ2v) is 7.43. The van der Waals surface area contributed by atoms with E-state index >= 15 is 0 Å². The Morgan fingerprint density at radius 1 is 1.03 bits per heavy atom. The Morgan fingerprint density at radius 2 is 1.77 bits per heavy atom. The van der Waals surface area contributed by atoms with Crippen molar-refractivity contribution in [1.29, 1.82) is 0 Å². The van der Waals surface area contributed by atoms with E-state index in [2.05, 4.69) is 33.4 Å². The standard InChI is InChI=1S/C24H21BrN2O4/c1-2-17-8-11-21(12-9-17)30-16-23(28)27-26-15-19-14-20(25)10-13-22(19)31-24(29)18-6-4-3-5-7-18/h3-15H,2,16H2,1H3,(H,27,28)/b26-15-. The van der Waals surface area contributed by atoms with Gasteiger partial charge in [0.15, 0.2) is 6.61 Å². The number of amides is 1. The first kappa shape index (κ1) is 22.2. The van der Waals surface area contributed by atoms with Crippen LogP contribution in [0, 0.1) is 0 Å². The van der Waals surface area contributed by atoms with Crippen LogP contribution in [-0.2, 0) is 11.2 Å². The van der Waals surface area contributed by atoms with Gasteiger partial charge in [-0.2, -0.15) is 5.10 Å². The van der Waals surface area contributed by atoms with E-state index in [0.717, 1.165) is 10.9 Å². The molecule has 3 rings (SSSR count). The lowest BCUT2D eigenvalue weighted by Gasteiger charge is -2.08. The zero-order valence-corrected chi connectivity index (χ0v) is 18.5. The summed E-state index contributed by atoms with van der Waals surface area (Å²) in [6.07, 6.45) is 2.35. The number of hydrogen-bond acceptors (Lipinski definition) is 5. The average molecular weight is 481 g/mol. The molecule has 0 aliphatic carbocycles. The summed E-state index contributed by atoms with van der Waals surface area (Å²) in [7, 11) is 0. The minimum Gasteiger partial charge on any atom is -0.484 e. The van der Waals surface area contributed by atoms with Crippen LogP contribution in [0.1, 0.15) is 28.4 Å². The number of nitrogens with zero attached hydrogens (tertiary/aromatic N) is 1. The number of carbonyl (C=O) groups is 2. The van der Waals surface area contributed by atoms with Gasteiger partial charge in [0.1, 0.15) is 11.5 Å². The van der Waals surface area contributed by atoms with Gasteiger partial charge in [-0.15, -0.1) is 0 Å². The number of esters is 1. The largest absolute Gasteiger partial charge is 0.484 e. The highest BCUT2D eigenvalue weighted by Gasteiger charge is 2.11. The van der Waals surface area contributed by atoms with Crippen molar-refractivity contribution in [3.8, 4) is 11.5 Å². The predicted octanol–water partition coefficient (Wildman–Crippen LogP) is 4.76. The van der Waals surface area contributed by atoms with Gasteiger partial charge in [0.05, 0.1) is 11.8 Å². The molecule has 1 N–H and O–H groups in total. The normalized spacial score (nSPS) is 10.6. The van der Waals surface area contributed by atoms with Crippen LogP contribution in [-0.4, -0.2) is 24.7 Å². The van der Waals surface area contributed by atoms with Gasteiger partial charge in [-0.25, -0.2) is 10.2 Å². The summed E-state index contributed by atoms with van der Waals surface area (Å²) in [5.74, 6) is 0.0403. The van der Waals surface area contributed by atoms with E-state index in [1.807, 2.05) is 30.3 Å².